The Morgan fingerprint density at radius 2 is 1.44 bits per heavy atom. The second-order valence-corrected chi connectivity index (χ2v) is 8.82. The minimum atomic E-state index is -0.281. The molecule has 1 heterocycles. The number of aryl methyl sites for hydroxylation is 4. The lowest BCUT2D eigenvalue weighted by atomic mass is 9.94. The summed E-state index contributed by atoms with van der Waals surface area (Å²) in [7, 11) is 0. The van der Waals surface area contributed by atoms with Crippen LogP contribution < -0.4 is 10.4 Å². The second-order valence-electron chi connectivity index (χ2n) is 8.82. The first-order chi connectivity index (χ1) is 15.3. The predicted octanol–water partition coefficient (Wildman–Crippen LogP) is 6.81. The van der Waals surface area contributed by atoms with E-state index in [0.717, 1.165) is 27.8 Å². The van der Waals surface area contributed by atoms with Gasteiger partial charge in [0.15, 0.2) is 0 Å². The molecule has 0 aliphatic rings. The monoisotopic (exact) mass is 426 g/mol. The van der Waals surface area contributed by atoms with Gasteiger partial charge in [-0.15, -0.1) is 0 Å². The van der Waals surface area contributed by atoms with Crippen LogP contribution in [0.25, 0.3) is 11.0 Å². The summed E-state index contributed by atoms with van der Waals surface area (Å²) in [5, 5.41) is 0.876. The number of hydrogen-bond donors (Lipinski definition) is 0. The molecule has 3 heteroatoms. The van der Waals surface area contributed by atoms with E-state index in [2.05, 4.69) is 33.8 Å². The molecule has 1 aromatic heterocycles. The molecule has 0 bridgehead atoms. The number of hydrogen-bond acceptors (Lipinski definition) is 3. The Hall–Kier alpha value is -3.33. The van der Waals surface area contributed by atoms with Gasteiger partial charge in [-0.25, -0.2) is 4.79 Å². The Balaban J connectivity index is 1.80. The standard InChI is InChI=1S/C29H30O3/c1-17-12-26(31-16-25-20(4)18(2)14-19(3)21(25)5)28-22(6)24(29(30)32-27(28)13-17)15-23-10-8-7-9-11-23/h7-14H,15-16H2,1-6H3. The van der Waals surface area contributed by atoms with E-state index in [9.17, 15) is 4.79 Å². The molecule has 0 radical (unpaired) electrons. The van der Waals surface area contributed by atoms with Crippen molar-refractivity contribution < 1.29 is 9.15 Å². The third-order valence-corrected chi connectivity index (χ3v) is 6.60. The Morgan fingerprint density at radius 3 is 2.09 bits per heavy atom. The molecule has 0 N–H and O–H groups in total. The molecule has 0 aliphatic carbocycles. The molecule has 3 nitrogen and oxygen atoms in total. The van der Waals surface area contributed by atoms with Crippen molar-refractivity contribution in [3.8, 4) is 5.75 Å². The maximum Gasteiger partial charge on any atom is 0.340 e. The molecule has 0 amide bonds. The van der Waals surface area contributed by atoms with Crippen molar-refractivity contribution in [3.05, 3.63) is 109 Å². The molecule has 0 unspecified atom stereocenters. The van der Waals surface area contributed by atoms with Crippen molar-refractivity contribution in [2.24, 2.45) is 0 Å². The molecule has 0 saturated heterocycles. The van der Waals surface area contributed by atoms with Crippen molar-refractivity contribution >= 4 is 11.0 Å². The molecule has 4 rings (SSSR count). The quantitative estimate of drug-likeness (QED) is 0.329. The molecule has 3 aromatic carbocycles. The lowest BCUT2D eigenvalue weighted by Gasteiger charge is -2.18. The van der Waals surface area contributed by atoms with Gasteiger partial charge in [0.25, 0.3) is 0 Å². The van der Waals surface area contributed by atoms with Gasteiger partial charge in [-0.2, -0.15) is 0 Å². The number of ether oxygens (including phenoxy) is 1. The summed E-state index contributed by atoms with van der Waals surface area (Å²) in [5.41, 5.74) is 10.3. The fourth-order valence-corrected chi connectivity index (χ4v) is 4.42. The largest absolute Gasteiger partial charge is 0.488 e. The molecule has 32 heavy (non-hydrogen) atoms. The highest BCUT2D eigenvalue weighted by Gasteiger charge is 2.17. The summed E-state index contributed by atoms with van der Waals surface area (Å²) in [6.45, 7) is 13.0. The van der Waals surface area contributed by atoms with E-state index in [-0.39, 0.29) is 5.63 Å². The van der Waals surface area contributed by atoms with Crippen LogP contribution in [0.2, 0.25) is 0 Å². The summed E-state index contributed by atoms with van der Waals surface area (Å²) in [6, 6.07) is 16.2. The van der Waals surface area contributed by atoms with E-state index in [1.807, 2.05) is 56.3 Å². The first-order valence-electron chi connectivity index (χ1n) is 11.1. The van der Waals surface area contributed by atoms with Crippen LogP contribution in [0.5, 0.6) is 5.75 Å². The maximum atomic E-state index is 12.8. The summed E-state index contributed by atoms with van der Waals surface area (Å²) in [6.07, 6.45) is 0.535. The number of fused-ring (bicyclic) bond motifs is 1. The van der Waals surface area contributed by atoms with E-state index in [0.29, 0.717) is 24.2 Å². The minimum Gasteiger partial charge on any atom is -0.488 e. The average Bonchev–Trinajstić information content (AvgIpc) is 2.75. The highest BCUT2D eigenvalue weighted by atomic mass is 16.5. The van der Waals surface area contributed by atoms with Crippen LogP contribution in [0.3, 0.4) is 0 Å². The molecule has 4 aromatic rings. The van der Waals surface area contributed by atoms with Crippen molar-refractivity contribution in [2.45, 2.75) is 54.6 Å². The van der Waals surface area contributed by atoms with Crippen molar-refractivity contribution in [3.63, 3.8) is 0 Å². The zero-order chi connectivity index (χ0) is 23.0. The third kappa shape index (κ3) is 4.08. The van der Waals surface area contributed by atoms with E-state index < -0.39 is 0 Å². The Kier molecular flexibility index (Phi) is 5.92. The minimum absolute atomic E-state index is 0.281. The topological polar surface area (TPSA) is 39.4 Å². The van der Waals surface area contributed by atoms with Gasteiger partial charge in [-0.05, 0) is 98.2 Å². The van der Waals surface area contributed by atoms with Gasteiger partial charge < -0.3 is 9.15 Å². The fourth-order valence-electron chi connectivity index (χ4n) is 4.42. The van der Waals surface area contributed by atoms with Gasteiger partial charge in [-0.1, -0.05) is 36.4 Å². The SMILES string of the molecule is Cc1cc(OCc2c(C)c(C)cc(C)c2C)c2c(C)c(Cc3ccccc3)c(=O)oc2c1. The van der Waals surface area contributed by atoms with Gasteiger partial charge in [0.05, 0.1) is 5.39 Å². The Bertz CT molecular complexity index is 1340. The molecule has 0 aliphatic heterocycles. The molecular formula is C29H30O3. The lowest BCUT2D eigenvalue weighted by molar-refractivity contribution is 0.307. The predicted molar refractivity (Wildman–Crippen MR) is 131 cm³/mol. The van der Waals surface area contributed by atoms with Crippen LogP contribution in [-0.2, 0) is 13.0 Å². The number of benzene rings is 3. The van der Waals surface area contributed by atoms with E-state index in [1.165, 1.54) is 27.8 Å². The first-order valence-corrected chi connectivity index (χ1v) is 11.1. The van der Waals surface area contributed by atoms with Gasteiger partial charge >= 0.3 is 5.63 Å². The molecule has 164 valence electrons. The molecule has 0 saturated carbocycles. The van der Waals surface area contributed by atoms with Crippen molar-refractivity contribution in [2.75, 3.05) is 0 Å². The Labute approximate surface area is 189 Å². The van der Waals surface area contributed by atoms with Crippen LogP contribution >= 0.6 is 0 Å². The van der Waals surface area contributed by atoms with Crippen LogP contribution in [0.1, 0.15) is 50.1 Å². The highest BCUT2D eigenvalue weighted by Crippen LogP contribution is 2.33. The smallest absolute Gasteiger partial charge is 0.340 e. The van der Waals surface area contributed by atoms with Gasteiger partial charge in [0.2, 0.25) is 0 Å². The first kappa shape index (κ1) is 21.9. The van der Waals surface area contributed by atoms with Crippen LogP contribution in [0, 0.1) is 41.5 Å². The lowest BCUT2D eigenvalue weighted by Crippen LogP contribution is -2.12. The Morgan fingerprint density at radius 1 is 0.781 bits per heavy atom. The second kappa shape index (κ2) is 8.66. The van der Waals surface area contributed by atoms with Crippen LogP contribution in [0.15, 0.2) is 57.7 Å². The fraction of sp³-hybridized carbons (Fsp3) is 0.276. The van der Waals surface area contributed by atoms with E-state index in [4.69, 9.17) is 9.15 Å². The summed E-state index contributed by atoms with van der Waals surface area (Å²) >= 11 is 0. The van der Waals surface area contributed by atoms with Crippen LogP contribution in [0.4, 0.5) is 0 Å². The van der Waals surface area contributed by atoms with Crippen LogP contribution in [-0.4, -0.2) is 0 Å². The van der Waals surface area contributed by atoms with Gasteiger partial charge in [-0.3, -0.25) is 0 Å². The maximum absolute atomic E-state index is 12.8. The van der Waals surface area contributed by atoms with E-state index in [1.54, 1.807) is 0 Å². The third-order valence-electron chi connectivity index (χ3n) is 6.60. The van der Waals surface area contributed by atoms with Gasteiger partial charge in [0, 0.05) is 12.0 Å². The highest BCUT2D eigenvalue weighted by molar-refractivity contribution is 5.88. The van der Waals surface area contributed by atoms with Gasteiger partial charge in [0.1, 0.15) is 17.9 Å². The summed E-state index contributed by atoms with van der Waals surface area (Å²) in [4.78, 5) is 12.8. The number of rotatable bonds is 5. The normalized spacial score (nSPS) is 11.2. The summed E-state index contributed by atoms with van der Waals surface area (Å²) in [5.74, 6) is 0.758. The van der Waals surface area contributed by atoms with E-state index >= 15 is 0 Å². The molecule has 0 spiro atoms. The molecule has 0 atom stereocenters. The zero-order valence-corrected chi connectivity index (χ0v) is 19.8. The average molecular weight is 427 g/mol. The van der Waals surface area contributed by atoms with Crippen molar-refractivity contribution in [1.29, 1.82) is 0 Å². The molecule has 0 fully saturated rings. The molecular weight excluding hydrogens is 396 g/mol. The van der Waals surface area contributed by atoms with Crippen molar-refractivity contribution in [1.82, 2.24) is 0 Å². The zero-order valence-electron chi connectivity index (χ0n) is 19.8. The summed E-state index contributed by atoms with van der Waals surface area (Å²) < 4.78 is 12.2.